The number of aromatic hydroxyl groups is 1. The Morgan fingerprint density at radius 3 is 2.48 bits per heavy atom. The van der Waals surface area contributed by atoms with Gasteiger partial charge >= 0.3 is 0 Å². The number of nitro benzene ring substituents is 1. The molecule has 3 aliphatic rings. The Kier molecular flexibility index (Phi) is 4.02. The van der Waals surface area contributed by atoms with Crippen LogP contribution < -0.4 is 0 Å². The van der Waals surface area contributed by atoms with Gasteiger partial charge in [0.2, 0.25) is 0 Å². The molecule has 0 saturated carbocycles. The van der Waals surface area contributed by atoms with Crippen molar-refractivity contribution in [3.8, 4) is 5.75 Å². The topological polar surface area (TPSA) is 110 Å². The molecule has 0 aromatic heterocycles. The zero-order valence-corrected chi connectivity index (χ0v) is 17.1. The second-order valence-electron chi connectivity index (χ2n) is 9.16. The van der Waals surface area contributed by atoms with Gasteiger partial charge in [0.1, 0.15) is 5.75 Å². The van der Waals surface area contributed by atoms with Gasteiger partial charge in [-0.15, -0.1) is 0 Å². The minimum Gasteiger partial charge on any atom is -0.508 e. The molecule has 7 nitrogen and oxygen atoms in total. The van der Waals surface area contributed by atoms with Crippen LogP contribution in [0.5, 0.6) is 5.75 Å². The highest BCUT2D eigenvalue weighted by Gasteiger charge is 2.51. The first kappa shape index (κ1) is 19.4. The van der Waals surface area contributed by atoms with E-state index in [-0.39, 0.29) is 40.4 Å². The summed E-state index contributed by atoms with van der Waals surface area (Å²) in [5.41, 5.74) is 2.53. The highest BCUT2D eigenvalue weighted by Crippen LogP contribution is 2.52. The first-order valence-electron chi connectivity index (χ1n) is 10.1. The molecule has 2 aliphatic carbocycles. The van der Waals surface area contributed by atoms with Crippen molar-refractivity contribution in [2.75, 3.05) is 0 Å². The minimum absolute atomic E-state index is 0.131. The Balaban J connectivity index is 1.80. The summed E-state index contributed by atoms with van der Waals surface area (Å²) in [6, 6.07) is 10.9. The van der Waals surface area contributed by atoms with Crippen LogP contribution in [0.25, 0.3) is 0 Å². The van der Waals surface area contributed by atoms with Gasteiger partial charge in [0, 0.05) is 52.4 Å². The predicted octanol–water partition coefficient (Wildman–Crippen LogP) is 4.34. The number of Topliss-reactive ketones (excluding diaryl/α,β-unsaturated/α-hetero) is 2. The number of hydrogen-bond acceptors (Lipinski definition) is 6. The fourth-order valence-corrected chi connectivity index (χ4v) is 5.13. The molecule has 0 bridgehead atoms. The number of nitro groups is 1. The third kappa shape index (κ3) is 2.84. The third-order valence-corrected chi connectivity index (χ3v) is 6.40. The number of carbonyl (C=O) groups excluding carboxylic acids is 2. The average Bonchev–Trinajstić information content (AvgIpc) is 2.98. The summed E-state index contributed by atoms with van der Waals surface area (Å²) in [6.07, 6.45) is 0.837. The Hall–Kier alpha value is -3.61. The summed E-state index contributed by atoms with van der Waals surface area (Å²) in [4.78, 5) is 42.4. The van der Waals surface area contributed by atoms with Crippen molar-refractivity contribution in [2.45, 2.75) is 32.6 Å². The average molecular weight is 416 g/mol. The second-order valence-corrected chi connectivity index (χ2v) is 9.16. The van der Waals surface area contributed by atoms with Crippen molar-refractivity contribution in [2.24, 2.45) is 16.3 Å². The summed E-state index contributed by atoms with van der Waals surface area (Å²) in [5.74, 6) is -2.10. The summed E-state index contributed by atoms with van der Waals surface area (Å²) >= 11 is 0. The van der Waals surface area contributed by atoms with E-state index < -0.39 is 16.8 Å². The van der Waals surface area contributed by atoms with Crippen LogP contribution in [0, 0.1) is 21.4 Å². The number of phenols is 1. The number of non-ortho nitro benzene ring substituents is 1. The van der Waals surface area contributed by atoms with Gasteiger partial charge in [-0.05, 0) is 17.9 Å². The summed E-state index contributed by atoms with van der Waals surface area (Å²) in [7, 11) is 0. The number of rotatable bonds is 2. The predicted molar refractivity (Wildman–Crippen MR) is 113 cm³/mol. The van der Waals surface area contributed by atoms with Crippen molar-refractivity contribution in [3.63, 3.8) is 0 Å². The van der Waals surface area contributed by atoms with Crippen LogP contribution in [0.4, 0.5) is 5.69 Å². The van der Waals surface area contributed by atoms with Gasteiger partial charge in [-0.3, -0.25) is 24.7 Å². The maximum Gasteiger partial charge on any atom is 0.269 e. The third-order valence-electron chi connectivity index (χ3n) is 6.40. The minimum atomic E-state index is -0.814. The van der Waals surface area contributed by atoms with Crippen LogP contribution in [0.15, 0.2) is 58.7 Å². The van der Waals surface area contributed by atoms with E-state index >= 15 is 0 Å². The Morgan fingerprint density at radius 2 is 1.77 bits per heavy atom. The summed E-state index contributed by atoms with van der Waals surface area (Å²) in [5, 5.41) is 22.1. The highest BCUT2D eigenvalue weighted by molar-refractivity contribution is 6.30. The number of carbonyl (C=O) groups is 2. The van der Waals surface area contributed by atoms with Crippen LogP contribution in [0.3, 0.4) is 0 Å². The lowest BCUT2D eigenvalue weighted by atomic mass is 9.66. The van der Waals surface area contributed by atoms with Crippen molar-refractivity contribution in [1.82, 2.24) is 0 Å². The Labute approximate surface area is 178 Å². The van der Waals surface area contributed by atoms with E-state index in [4.69, 9.17) is 4.99 Å². The van der Waals surface area contributed by atoms with E-state index in [9.17, 15) is 24.8 Å². The van der Waals surface area contributed by atoms with Gasteiger partial charge < -0.3 is 5.11 Å². The van der Waals surface area contributed by atoms with Crippen molar-refractivity contribution in [1.29, 1.82) is 0 Å². The van der Waals surface area contributed by atoms with E-state index in [1.165, 1.54) is 18.2 Å². The fourth-order valence-electron chi connectivity index (χ4n) is 5.13. The molecule has 2 aromatic rings. The molecule has 156 valence electrons. The molecule has 0 fully saturated rings. The molecular formula is C24H20N2O5. The first-order chi connectivity index (χ1) is 14.7. The molecule has 0 saturated heterocycles. The van der Waals surface area contributed by atoms with Crippen LogP contribution in [0.2, 0.25) is 0 Å². The van der Waals surface area contributed by atoms with Gasteiger partial charge in [-0.1, -0.05) is 38.1 Å². The van der Waals surface area contributed by atoms with Gasteiger partial charge in [0.25, 0.3) is 5.69 Å². The fraction of sp³-hybridized carbons (Fsp3) is 0.292. The van der Waals surface area contributed by atoms with Gasteiger partial charge in [-0.2, -0.15) is 0 Å². The zero-order valence-electron chi connectivity index (χ0n) is 17.1. The van der Waals surface area contributed by atoms with Crippen molar-refractivity contribution in [3.05, 3.63) is 80.5 Å². The molecule has 1 heterocycles. The number of nitrogens with zero attached hydrogens (tertiary/aromatic N) is 2. The van der Waals surface area contributed by atoms with Gasteiger partial charge in [0.05, 0.1) is 16.6 Å². The normalized spacial score (nSPS) is 23.7. The Morgan fingerprint density at radius 1 is 1.06 bits per heavy atom. The SMILES string of the molecule is CC1(C)CC(=O)C2=C(C1)N=C1c3ccccc3C(=O)[C@H]1[C@H]2c1cc([N+](=O)[O-])ccc1O. The summed E-state index contributed by atoms with van der Waals surface area (Å²) in [6.45, 7) is 3.99. The highest BCUT2D eigenvalue weighted by atomic mass is 16.6. The number of ketones is 2. The van der Waals surface area contributed by atoms with E-state index in [1.54, 1.807) is 12.1 Å². The molecule has 1 N–H and O–H groups in total. The van der Waals surface area contributed by atoms with Crippen molar-refractivity contribution >= 4 is 23.0 Å². The standard InChI is InChI=1S/C24H20N2O5/c1-24(2)10-16-20(18(28)11-24)19(15-9-12(26(30)31)7-8-17(15)27)21-22(25-16)13-5-3-4-6-14(13)23(21)29/h3-9,19,21,27H,10-11H2,1-2H3/t19-,21-/m0/s1. The quantitative estimate of drug-likeness (QED) is 0.578. The molecule has 0 unspecified atom stereocenters. The molecule has 2 aromatic carbocycles. The molecule has 0 spiro atoms. The smallest absolute Gasteiger partial charge is 0.269 e. The largest absolute Gasteiger partial charge is 0.508 e. The van der Waals surface area contributed by atoms with E-state index in [2.05, 4.69) is 0 Å². The van der Waals surface area contributed by atoms with E-state index in [0.717, 1.165) is 5.56 Å². The lowest BCUT2D eigenvalue weighted by Gasteiger charge is -2.38. The second kappa shape index (κ2) is 6.44. The lowest BCUT2D eigenvalue weighted by molar-refractivity contribution is -0.385. The zero-order chi connectivity index (χ0) is 22.1. The number of phenolic OH excluding ortho intramolecular Hbond substituents is 1. The molecular weight excluding hydrogens is 396 g/mol. The number of benzene rings is 2. The Bertz CT molecular complexity index is 1250. The van der Waals surface area contributed by atoms with Gasteiger partial charge in [0.15, 0.2) is 11.6 Å². The molecule has 31 heavy (non-hydrogen) atoms. The molecule has 2 atom stereocenters. The maximum absolute atomic E-state index is 13.4. The monoisotopic (exact) mass is 416 g/mol. The van der Waals surface area contributed by atoms with E-state index in [0.29, 0.717) is 29.0 Å². The lowest BCUT2D eigenvalue weighted by Crippen LogP contribution is -2.37. The van der Waals surface area contributed by atoms with Crippen molar-refractivity contribution < 1.29 is 19.6 Å². The molecule has 7 heteroatoms. The maximum atomic E-state index is 13.4. The summed E-state index contributed by atoms with van der Waals surface area (Å²) < 4.78 is 0. The van der Waals surface area contributed by atoms with Crippen LogP contribution in [0.1, 0.15) is 54.1 Å². The number of fused-ring (bicyclic) bond motifs is 3. The van der Waals surface area contributed by atoms with Crippen LogP contribution >= 0.6 is 0 Å². The van der Waals surface area contributed by atoms with Crippen LogP contribution in [-0.4, -0.2) is 27.3 Å². The number of hydrogen-bond donors (Lipinski definition) is 1. The molecule has 5 rings (SSSR count). The molecule has 0 amide bonds. The molecule has 1 aliphatic heterocycles. The van der Waals surface area contributed by atoms with Gasteiger partial charge in [-0.25, -0.2) is 0 Å². The number of aliphatic imine (C=N–C) groups is 1. The van der Waals surface area contributed by atoms with Crippen LogP contribution in [-0.2, 0) is 4.79 Å². The van der Waals surface area contributed by atoms with E-state index in [1.807, 2.05) is 26.0 Å². The molecule has 0 radical (unpaired) electrons. The number of allylic oxidation sites excluding steroid dienone is 2. The first-order valence-corrected chi connectivity index (χ1v) is 10.1.